The van der Waals surface area contributed by atoms with Gasteiger partial charge in [0.25, 0.3) is 0 Å². The summed E-state index contributed by atoms with van der Waals surface area (Å²) < 4.78 is 3.49. The van der Waals surface area contributed by atoms with E-state index in [2.05, 4.69) is 240 Å². The predicted octanol–water partition coefficient (Wildman–Crippen LogP) is 16.8. The summed E-state index contributed by atoms with van der Waals surface area (Å²) in [4.78, 5) is 7.29. The molecule has 9 aromatic carbocycles. The van der Waals surface area contributed by atoms with Crippen molar-refractivity contribution in [1.82, 2.24) is 14.5 Å². The molecule has 2 aliphatic rings. The van der Waals surface area contributed by atoms with E-state index in [0.29, 0.717) is 0 Å². The van der Waals surface area contributed by atoms with Crippen LogP contribution in [0.1, 0.15) is 49.9 Å². The van der Waals surface area contributed by atoms with Crippen LogP contribution in [0.2, 0.25) is 0 Å². The van der Waals surface area contributed by atoms with E-state index in [1.807, 2.05) is 0 Å². The number of hydrogen-bond donors (Lipinski definition) is 2. The molecule has 0 saturated heterocycles. The number of nitrogens with one attached hydrogen (secondary N) is 2. The number of hydrogen-bond acceptors (Lipinski definition) is 0. The van der Waals surface area contributed by atoms with Crippen molar-refractivity contribution in [3.05, 3.63) is 209 Å². The van der Waals surface area contributed by atoms with E-state index in [-0.39, 0.29) is 10.8 Å². The minimum atomic E-state index is -0.0146. The maximum Gasteiger partial charge on any atom is 0.0541 e. The molecule has 0 atom stereocenters. The lowest BCUT2D eigenvalue weighted by Crippen LogP contribution is -2.14. The molecule has 0 radical (unpaired) electrons. The van der Waals surface area contributed by atoms with Crippen molar-refractivity contribution in [2.75, 3.05) is 0 Å². The Labute approximate surface area is 380 Å². The second-order valence-corrected chi connectivity index (χ2v) is 19.7. The Bertz CT molecular complexity index is 3910. The van der Waals surface area contributed by atoms with Gasteiger partial charge in [0.15, 0.2) is 0 Å². The summed E-state index contributed by atoms with van der Waals surface area (Å²) in [5.74, 6) is 0. The number of fused-ring (bicyclic) bond motifs is 17. The summed E-state index contributed by atoms with van der Waals surface area (Å²) in [5, 5.41) is 7.80. The summed E-state index contributed by atoms with van der Waals surface area (Å²) in [5.41, 5.74) is 22.1. The number of rotatable bonds is 2. The molecule has 306 valence electrons. The first-order valence-corrected chi connectivity index (χ1v) is 23.1. The Hall–Kier alpha value is -7.14. The average Bonchev–Trinajstić information content (AvgIpc) is 4.09. The fourth-order valence-corrected chi connectivity index (χ4v) is 11.9. The minimum absolute atomic E-state index is 0.0146. The molecule has 0 aliphatic heterocycles. The number of H-pyrrole nitrogens is 2. The van der Waals surface area contributed by atoms with Gasteiger partial charge in [0, 0.05) is 75.4 Å². The lowest BCUT2D eigenvalue weighted by Gasteiger charge is -2.21. The van der Waals surface area contributed by atoms with Crippen molar-refractivity contribution >= 4 is 81.3 Å². The van der Waals surface area contributed by atoms with Gasteiger partial charge in [0.05, 0.1) is 11.0 Å². The molecule has 12 aromatic rings. The highest BCUT2D eigenvalue weighted by Crippen LogP contribution is 2.54. The predicted molar refractivity (Wildman–Crippen MR) is 274 cm³/mol. The third kappa shape index (κ3) is 5.20. The van der Waals surface area contributed by atoms with Crippen LogP contribution in [-0.2, 0) is 10.8 Å². The van der Waals surface area contributed by atoms with Gasteiger partial charge in [-0.3, -0.25) is 0 Å². The van der Waals surface area contributed by atoms with Crippen LogP contribution in [0.5, 0.6) is 0 Å². The standard InChI is InChI=1S/C39H28N2.C21H16BrN/c1-39(2)31-14-8-6-13-28(31)37-32(39)18-20-34-38(37)30-23-24(16-19-33(30)40-34)25-17-21-36-29(22-25)27-12-7-9-15-35(27)41(36)26-10-4-3-5-11-26;1-21(2)15-6-4-3-5-13(15)19-16(21)8-10-18-20(19)14-11-12(22)7-9-17(14)23-18/h3-23,40H,1-2H3;3-11,23H,1-2H3. The number of nitrogens with zero attached hydrogens (tertiary/aromatic N) is 1. The molecular weight excluding hydrogens is 843 g/mol. The molecule has 0 spiro atoms. The van der Waals surface area contributed by atoms with Crippen LogP contribution in [-0.4, -0.2) is 14.5 Å². The molecular formula is C60H44BrN3. The average molecular weight is 887 g/mol. The second kappa shape index (κ2) is 13.4. The Balaban J connectivity index is 0.000000151. The molecule has 2 aliphatic carbocycles. The SMILES string of the molecule is CC1(C)c2ccccc2-c2c1ccc1[nH]c3ccc(-c4ccc5c(c4)c4ccccc4n5-c4ccccc4)cc3c21.CC1(C)c2ccccc2-c2c1ccc1[nH]c3ccc(Br)cc3c21. The highest BCUT2D eigenvalue weighted by Gasteiger charge is 2.38. The smallest absolute Gasteiger partial charge is 0.0541 e. The summed E-state index contributed by atoms with van der Waals surface area (Å²) in [6, 6.07) is 66.6. The van der Waals surface area contributed by atoms with Gasteiger partial charge in [-0.2, -0.15) is 0 Å². The van der Waals surface area contributed by atoms with Gasteiger partial charge in [-0.1, -0.05) is 153 Å². The van der Waals surface area contributed by atoms with Gasteiger partial charge in [-0.15, -0.1) is 0 Å². The fourth-order valence-electron chi connectivity index (χ4n) is 11.5. The van der Waals surface area contributed by atoms with Crippen molar-refractivity contribution in [2.45, 2.75) is 38.5 Å². The van der Waals surface area contributed by atoms with Gasteiger partial charge in [-0.05, 0) is 128 Å². The molecule has 2 N–H and O–H groups in total. The quantitative estimate of drug-likeness (QED) is 0.174. The zero-order valence-corrected chi connectivity index (χ0v) is 37.7. The number of benzene rings is 9. The number of halogens is 1. The summed E-state index contributed by atoms with van der Waals surface area (Å²) in [6.45, 7) is 9.36. The van der Waals surface area contributed by atoms with Crippen LogP contribution in [0.15, 0.2) is 186 Å². The normalized spacial score (nSPS) is 14.3. The lowest BCUT2D eigenvalue weighted by molar-refractivity contribution is 0.660. The summed E-state index contributed by atoms with van der Waals surface area (Å²) in [7, 11) is 0. The largest absolute Gasteiger partial charge is 0.354 e. The van der Waals surface area contributed by atoms with Gasteiger partial charge < -0.3 is 14.5 Å². The highest BCUT2D eigenvalue weighted by molar-refractivity contribution is 9.10. The van der Waals surface area contributed by atoms with Crippen molar-refractivity contribution in [3.63, 3.8) is 0 Å². The van der Waals surface area contributed by atoms with Crippen molar-refractivity contribution < 1.29 is 0 Å². The van der Waals surface area contributed by atoms with Gasteiger partial charge in [0.1, 0.15) is 0 Å². The maximum atomic E-state index is 3.72. The van der Waals surface area contributed by atoms with Crippen LogP contribution in [0.4, 0.5) is 0 Å². The van der Waals surface area contributed by atoms with Crippen molar-refractivity contribution in [1.29, 1.82) is 0 Å². The van der Waals surface area contributed by atoms with Crippen LogP contribution in [0.25, 0.3) is 104 Å². The Morgan fingerprint density at radius 3 is 1.52 bits per heavy atom. The number of aromatic nitrogens is 3. The van der Waals surface area contributed by atoms with Gasteiger partial charge >= 0.3 is 0 Å². The number of para-hydroxylation sites is 2. The summed E-state index contributed by atoms with van der Waals surface area (Å²) >= 11 is 3.62. The van der Waals surface area contributed by atoms with E-state index in [1.54, 1.807) is 0 Å². The fraction of sp³-hybridized carbons (Fsp3) is 0.100. The molecule has 0 unspecified atom stereocenters. The van der Waals surface area contributed by atoms with E-state index in [1.165, 1.54) is 127 Å². The second-order valence-electron chi connectivity index (χ2n) is 18.8. The first-order chi connectivity index (χ1) is 31.2. The zero-order valence-electron chi connectivity index (χ0n) is 36.1. The van der Waals surface area contributed by atoms with Crippen molar-refractivity contribution in [2.24, 2.45) is 0 Å². The molecule has 4 heteroatoms. The van der Waals surface area contributed by atoms with E-state index < -0.39 is 0 Å². The van der Waals surface area contributed by atoms with Crippen LogP contribution >= 0.6 is 15.9 Å². The monoisotopic (exact) mass is 885 g/mol. The van der Waals surface area contributed by atoms with E-state index >= 15 is 0 Å². The molecule has 0 fully saturated rings. The molecule has 64 heavy (non-hydrogen) atoms. The van der Waals surface area contributed by atoms with E-state index in [0.717, 1.165) is 4.47 Å². The molecule has 3 heterocycles. The summed E-state index contributed by atoms with van der Waals surface area (Å²) in [6.07, 6.45) is 0. The first-order valence-electron chi connectivity index (χ1n) is 22.3. The topological polar surface area (TPSA) is 36.5 Å². The van der Waals surface area contributed by atoms with E-state index in [4.69, 9.17) is 0 Å². The van der Waals surface area contributed by atoms with Crippen molar-refractivity contribution in [3.8, 4) is 39.1 Å². The lowest BCUT2D eigenvalue weighted by atomic mass is 9.82. The molecule has 0 amide bonds. The molecule has 0 bridgehead atoms. The van der Waals surface area contributed by atoms with Crippen LogP contribution in [0.3, 0.4) is 0 Å². The Kier molecular flexibility index (Phi) is 7.86. The van der Waals surface area contributed by atoms with Crippen LogP contribution in [0, 0.1) is 0 Å². The highest BCUT2D eigenvalue weighted by atomic mass is 79.9. The minimum Gasteiger partial charge on any atom is -0.354 e. The zero-order chi connectivity index (χ0) is 43.1. The Morgan fingerprint density at radius 1 is 0.391 bits per heavy atom. The van der Waals surface area contributed by atoms with Gasteiger partial charge in [-0.25, -0.2) is 0 Å². The third-order valence-electron chi connectivity index (χ3n) is 14.6. The molecule has 3 nitrogen and oxygen atoms in total. The van der Waals surface area contributed by atoms with Gasteiger partial charge in [0.2, 0.25) is 0 Å². The van der Waals surface area contributed by atoms with Crippen LogP contribution < -0.4 is 0 Å². The van der Waals surface area contributed by atoms with E-state index in [9.17, 15) is 0 Å². The maximum absolute atomic E-state index is 3.72. The Morgan fingerprint density at radius 2 is 0.875 bits per heavy atom. The molecule has 0 saturated carbocycles. The third-order valence-corrected chi connectivity index (χ3v) is 15.1. The molecule has 3 aromatic heterocycles. The first kappa shape index (κ1) is 37.4. The molecule has 14 rings (SSSR count). The number of aromatic amines is 2.